The molecule has 2 aliphatic rings. The van der Waals surface area contributed by atoms with Crippen molar-refractivity contribution in [2.75, 3.05) is 44.3 Å². The fourth-order valence-corrected chi connectivity index (χ4v) is 3.24. The largest absolute Gasteiger partial charge is 0.378 e. The zero-order valence-electron chi connectivity index (χ0n) is 12.8. The number of carbonyl (C=O) groups excluding carboxylic acids is 1. The molecule has 122 valence electrons. The normalized spacial score (nSPS) is 22.5. The molecule has 2 aliphatic heterocycles. The first-order valence-corrected chi connectivity index (χ1v) is 7.98. The van der Waals surface area contributed by atoms with Gasteiger partial charge in [-0.15, -0.1) is 14.8 Å². The van der Waals surface area contributed by atoms with Gasteiger partial charge in [-0.2, -0.15) is 0 Å². The number of hydrogen-bond acceptors (Lipinski definition) is 7. The Morgan fingerprint density at radius 3 is 2.96 bits per heavy atom. The molecular formula is C14H19N7O2. The molecule has 0 aliphatic carbocycles. The van der Waals surface area contributed by atoms with Gasteiger partial charge in [0, 0.05) is 26.2 Å². The van der Waals surface area contributed by atoms with E-state index in [0.717, 1.165) is 25.2 Å². The second kappa shape index (κ2) is 6.07. The molecule has 1 unspecified atom stereocenters. The number of nitrogens with zero attached hydrogens (tertiary/aromatic N) is 7. The van der Waals surface area contributed by atoms with E-state index in [2.05, 4.69) is 25.5 Å². The Labute approximate surface area is 133 Å². The van der Waals surface area contributed by atoms with E-state index in [-0.39, 0.29) is 11.8 Å². The number of hydrogen-bond donors (Lipinski definition) is 0. The molecule has 0 radical (unpaired) electrons. The minimum atomic E-state index is 0.0215. The highest BCUT2D eigenvalue weighted by molar-refractivity contribution is 5.79. The van der Waals surface area contributed by atoms with Crippen molar-refractivity contribution in [1.29, 1.82) is 0 Å². The van der Waals surface area contributed by atoms with E-state index >= 15 is 0 Å². The highest BCUT2D eigenvalue weighted by Gasteiger charge is 2.30. The molecule has 0 N–H and O–H groups in total. The van der Waals surface area contributed by atoms with Gasteiger partial charge in [-0.3, -0.25) is 4.79 Å². The summed E-state index contributed by atoms with van der Waals surface area (Å²) < 4.78 is 6.74. The van der Waals surface area contributed by atoms with Crippen molar-refractivity contribution < 1.29 is 9.53 Å². The van der Waals surface area contributed by atoms with E-state index in [1.807, 2.05) is 17.0 Å². The molecule has 2 aromatic heterocycles. The number of fused-ring (bicyclic) bond motifs is 1. The minimum absolute atomic E-state index is 0.0215. The van der Waals surface area contributed by atoms with Crippen LogP contribution in [0, 0.1) is 5.92 Å². The number of aromatic nitrogens is 5. The fraction of sp³-hybridized carbons (Fsp3) is 0.643. The molecule has 0 saturated carbocycles. The third kappa shape index (κ3) is 2.83. The number of ether oxygens (including phenoxy) is 1. The summed E-state index contributed by atoms with van der Waals surface area (Å²) in [6.07, 6.45) is 1.91. The topological polar surface area (TPSA) is 88.8 Å². The van der Waals surface area contributed by atoms with Gasteiger partial charge in [0.15, 0.2) is 11.5 Å². The quantitative estimate of drug-likeness (QED) is 0.744. The summed E-state index contributed by atoms with van der Waals surface area (Å²) in [5.74, 6) is 1.07. The fourth-order valence-electron chi connectivity index (χ4n) is 3.24. The lowest BCUT2D eigenvalue weighted by atomic mass is 9.96. The number of piperidine rings is 1. The standard InChI is InChI=1S/C14H19N7O2/c22-14(19-6-8-23-9-7-19)11-2-1-5-20(10-11)13-4-3-12-15-17-18-21(12)16-13/h3-4,11H,1-2,5-10H2. The minimum Gasteiger partial charge on any atom is -0.378 e. The maximum Gasteiger partial charge on any atom is 0.227 e. The summed E-state index contributed by atoms with van der Waals surface area (Å²) in [6, 6.07) is 3.75. The van der Waals surface area contributed by atoms with Crippen LogP contribution in [-0.4, -0.2) is 75.5 Å². The summed E-state index contributed by atoms with van der Waals surface area (Å²) in [7, 11) is 0. The van der Waals surface area contributed by atoms with Crippen molar-refractivity contribution in [3.63, 3.8) is 0 Å². The van der Waals surface area contributed by atoms with E-state index < -0.39 is 0 Å². The molecular weight excluding hydrogens is 298 g/mol. The van der Waals surface area contributed by atoms with Crippen LogP contribution in [0.1, 0.15) is 12.8 Å². The summed E-state index contributed by atoms with van der Waals surface area (Å²) >= 11 is 0. The smallest absolute Gasteiger partial charge is 0.227 e. The van der Waals surface area contributed by atoms with Crippen molar-refractivity contribution in [2.45, 2.75) is 12.8 Å². The van der Waals surface area contributed by atoms with Crippen LogP contribution < -0.4 is 4.90 Å². The van der Waals surface area contributed by atoms with Gasteiger partial charge < -0.3 is 14.5 Å². The summed E-state index contributed by atoms with van der Waals surface area (Å²) in [5, 5.41) is 15.7. The van der Waals surface area contributed by atoms with Gasteiger partial charge in [0.2, 0.25) is 5.91 Å². The van der Waals surface area contributed by atoms with Gasteiger partial charge in [-0.05, 0) is 35.4 Å². The SMILES string of the molecule is O=C(C1CCCN(c2ccc3nnnn3n2)C1)N1CCOCC1. The van der Waals surface area contributed by atoms with E-state index in [0.29, 0.717) is 38.5 Å². The zero-order valence-corrected chi connectivity index (χ0v) is 12.8. The Balaban J connectivity index is 1.48. The molecule has 0 spiro atoms. The van der Waals surface area contributed by atoms with Crippen LogP contribution in [0.25, 0.3) is 5.65 Å². The first kappa shape index (κ1) is 14.3. The predicted octanol–water partition coefficient (Wildman–Crippen LogP) is -0.405. The third-order valence-corrected chi connectivity index (χ3v) is 4.47. The Morgan fingerprint density at radius 1 is 1.22 bits per heavy atom. The van der Waals surface area contributed by atoms with Gasteiger partial charge in [-0.25, -0.2) is 0 Å². The van der Waals surface area contributed by atoms with Crippen molar-refractivity contribution in [2.24, 2.45) is 5.92 Å². The molecule has 9 heteroatoms. The lowest BCUT2D eigenvalue weighted by Gasteiger charge is -2.36. The Bertz CT molecular complexity index is 697. The van der Waals surface area contributed by atoms with Gasteiger partial charge >= 0.3 is 0 Å². The first-order chi connectivity index (χ1) is 11.3. The van der Waals surface area contributed by atoms with E-state index in [1.165, 1.54) is 4.63 Å². The van der Waals surface area contributed by atoms with E-state index in [4.69, 9.17) is 4.74 Å². The van der Waals surface area contributed by atoms with Crippen LogP contribution in [0.3, 0.4) is 0 Å². The molecule has 2 aromatic rings. The summed E-state index contributed by atoms with van der Waals surface area (Å²) in [4.78, 5) is 16.8. The Kier molecular flexibility index (Phi) is 3.78. The van der Waals surface area contributed by atoms with Crippen molar-refractivity contribution in [1.82, 2.24) is 30.2 Å². The Morgan fingerprint density at radius 2 is 2.09 bits per heavy atom. The zero-order chi connectivity index (χ0) is 15.6. The lowest BCUT2D eigenvalue weighted by Crippen LogP contribution is -2.48. The second-order valence-corrected chi connectivity index (χ2v) is 5.94. The molecule has 0 bridgehead atoms. The number of anilines is 1. The number of rotatable bonds is 2. The number of carbonyl (C=O) groups is 1. The molecule has 9 nitrogen and oxygen atoms in total. The highest BCUT2D eigenvalue weighted by atomic mass is 16.5. The van der Waals surface area contributed by atoms with Crippen LogP contribution in [0.15, 0.2) is 12.1 Å². The van der Waals surface area contributed by atoms with Crippen molar-refractivity contribution in [3.05, 3.63) is 12.1 Å². The van der Waals surface area contributed by atoms with E-state index in [9.17, 15) is 4.79 Å². The average molecular weight is 317 g/mol. The molecule has 0 aromatic carbocycles. The summed E-state index contributed by atoms with van der Waals surface area (Å²) in [5.41, 5.74) is 0.617. The molecule has 2 fully saturated rings. The number of amides is 1. The van der Waals surface area contributed by atoms with Crippen LogP contribution in [0.2, 0.25) is 0 Å². The van der Waals surface area contributed by atoms with Crippen LogP contribution >= 0.6 is 0 Å². The lowest BCUT2D eigenvalue weighted by molar-refractivity contribution is -0.139. The van der Waals surface area contributed by atoms with Gasteiger partial charge in [0.1, 0.15) is 0 Å². The molecule has 23 heavy (non-hydrogen) atoms. The average Bonchev–Trinajstić information content (AvgIpc) is 3.09. The second-order valence-electron chi connectivity index (χ2n) is 5.94. The molecule has 4 rings (SSSR count). The van der Waals surface area contributed by atoms with Gasteiger partial charge in [-0.1, -0.05) is 0 Å². The Hall–Kier alpha value is -2.29. The molecule has 4 heterocycles. The van der Waals surface area contributed by atoms with Gasteiger partial charge in [0.25, 0.3) is 0 Å². The van der Waals surface area contributed by atoms with Crippen molar-refractivity contribution >= 4 is 17.4 Å². The molecule has 1 atom stereocenters. The van der Waals surface area contributed by atoms with Crippen molar-refractivity contribution in [3.8, 4) is 0 Å². The van der Waals surface area contributed by atoms with Crippen LogP contribution in [0.4, 0.5) is 5.82 Å². The summed E-state index contributed by atoms with van der Waals surface area (Å²) in [6.45, 7) is 4.26. The predicted molar refractivity (Wildman–Crippen MR) is 80.9 cm³/mol. The van der Waals surface area contributed by atoms with Crippen LogP contribution in [-0.2, 0) is 9.53 Å². The number of morpholine rings is 1. The number of tetrazole rings is 1. The molecule has 1 amide bonds. The maximum atomic E-state index is 12.7. The van der Waals surface area contributed by atoms with E-state index in [1.54, 1.807) is 0 Å². The third-order valence-electron chi connectivity index (χ3n) is 4.47. The highest BCUT2D eigenvalue weighted by Crippen LogP contribution is 2.23. The molecule has 2 saturated heterocycles. The van der Waals surface area contributed by atoms with Gasteiger partial charge in [0.05, 0.1) is 19.1 Å². The monoisotopic (exact) mass is 317 g/mol. The van der Waals surface area contributed by atoms with Crippen LogP contribution in [0.5, 0.6) is 0 Å². The maximum absolute atomic E-state index is 12.7. The first-order valence-electron chi connectivity index (χ1n) is 7.98.